The average Bonchev–Trinajstić information content (AvgIpc) is 3.07. The number of esters is 1. The number of ketones is 1. The van der Waals surface area contributed by atoms with Crippen LogP contribution in [-0.4, -0.2) is 27.9 Å². The van der Waals surface area contributed by atoms with Crippen molar-refractivity contribution in [3.63, 3.8) is 0 Å². The van der Waals surface area contributed by atoms with E-state index in [4.69, 9.17) is 10.00 Å². The van der Waals surface area contributed by atoms with Crippen molar-refractivity contribution < 1.29 is 18.7 Å². The van der Waals surface area contributed by atoms with Crippen LogP contribution in [0, 0.1) is 44.8 Å². The number of aromatic nitrogens is 2. The third-order valence-corrected chi connectivity index (χ3v) is 5.99. The zero-order valence-electron chi connectivity index (χ0n) is 19.6. The highest BCUT2D eigenvalue weighted by molar-refractivity contribution is 5.99. The number of pyridine rings is 1. The fraction of sp³-hybridized carbons (Fsp3) is 0.308. The maximum absolute atomic E-state index is 13.2. The van der Waals surface area contributed by atoms with Crippen LogP contribution in [0.25, 0.3) is 0 Å². The number of hydrogen-bond acceptors (Lipinski definition) is 5. The normalized spacial score (nSPS) is 10.7. The highest BCUT2D eigenvalue weighted by Crippen LogP contribution is 2.19. The van der Waals surface area contributed by atoms with Crippen LogP contribution in [0.2, 0.25) is 0 Å². The fourth-order valence-corrected chi connectivity index (χ4v) is 4.04. The zero-order valence-corrected chi connectivity index (χ0v) is 19.6. The number of nitrogens with zero attached hydrogens (tertiary/aromatic N) is 2. The van der Waals surface area contributed by atoms with Gasteiger partial charge in [-0.15, -0.1) is 0 Å². The van der Waals surface area contributed by atoms with E-state index in [0.29, 0.717) is 28.9 Å². The van der Waals surface area contributed by atoms with Crippen LogP contribution < -0.4 is 5.56 Å². The number of halogens is 1. The molecule has 0 spiro atoms. The lowest BCUT2D eigenvalue weighted by atomic mass is 9.99. The number of ether oxygens (including phenoxy) is 1. The maximum atomic E-state index is 13.2. The highest BCUT2D eigenvalue weighted by atomic mass is 19.1. The largest absolute Gasteiger partial charge is 0.457 e. The van der Waals surface area contributed by atoms with Gasteiger partial charge >= 0.3 is 5.97 Å². The summed E-state index contributed by atoms with van der Waals surface area (Å²) in [5.41, 5.74) is 4.41. The first kappa shape index (κ1) is 24.6. The molecule has 0 saturated carbocycles. The van der Waals surface area contributed by atoms with Gasteiger partial charge in [0.25, 0.3) is 5.56 Å². The summed E-state index contributed by atoms with van der Waals surface area (Å²) in [5.74, 6) is -1.16. The van der Waals surface area contributed by atoms with Gasteiger partial charge in [-0.25, -0.2) is 4.39 Å². The molecule has 2 heterocycles. The van der Waals surface area contributed by atoms with Crippen LogP contribution in [0.5, 0.6) is 0 Å². The number of hydrogen-bond donors (Lipinski definition) is 1. The van der Waals surface area contributed by atoms with Crippen LogP contribution in [0.15, 0.2) is 35.1 Å². The number of nitrogens with one attached hydrogen (secondary N) is 1. The van der Waals surface area contributed by atoms with Gasteiger partial charge in [0, 0.05) is 35.6 Å². The van der Waals surface area contributed by atoms with Crippen molar-refractivity contribution in [3.8, 4) is 6.07 Å². The van der Waals surface area contributed by atoms with Crippen molar-refractivity contribution in [2.45, 2.75) is 47.1 Å². The summed E-state index contributed by atoms with van der Waals surface area (Å²) in [5, 5.41) is 9.17. The van der Waals surface area contributed by atoms with E-state index in [0.717, 1.165) is 17.0 Å². The molecule has 3 aromatic rings. The second kappa shape index (κ2) is 10.3. The van der Waals surface area contributed by atoms with E-state index >= 15 is 0 Å². The molecule has 0 aliphatic heterocycles. The fourth-order valence-electron chi connectivity index (χ4n) is 4.04. The summed E-state index contributed by atoms with van der Waals surface area (Å²) in [6.07, 6.45) is 0.289. The number of H-pyrrole nitrogens is 1. The number of Topliss-reactive ketones (excluding diaryl/α,β-unsaturated/α-hetero) is 1. The van der Waals surface area contributed by atoms with Crippen LogP contribution >= 0.6 is 0 Å². The number of carbonyl (C=O) groups is 2. The molecule has 0 radical (unpaired) electrons. The van der Waals surface area contributed by atoms with E-state index in [2.05, 4.69) is 4.98 Å². The molecular formula is C26H26FN3O4. The monoisotopic (exact) mass is 463 g/mol. The first-order valence-corrected chi connectivity index (χ1v) is 10.8. The quantitative estimate of drug-likeness (QED) is 0.404. The van der Waals surface area contributed by atoms with Gasteiger partial charge in [-0.1, -0.05) is 12.1 Å². The summed E-state index contributed by atoms with van der Waals surface area (Å²) in [6.45, 7) is 7.19. The molecule has 8 heteroatoms. The number of carbonyl (C=O) groups excluding carboxylic acids is 2. The summed E-state index contributed by atoms with van der Waals surface area (Å²) in [4.78, 5) is 39.5. The number of nitriles is 1. The van der Waals surface area contributed by atoms with E-state index < -0.39 is 11.5 Å². The lowest BCUT2D eigenvalue weighted by molar-refractivity contribution is -0.142. The molecule has 176 valence electrons. The predicted molar refractivity (Wildman–Crippen MR) is 124 cm³/mol. The minimum Gasteiger partial charge on any atom is -0.457 e. The van der Waals surface area contributed by atoms with E-state index in [1.807, 2.05) is 24.5 Å². The number of aromatic amines is 1. The third-order valence-electron chi connectivity index (χ3n) is 5.99. The van der Waals surface area contributed by atoms with Gasteiger partial charge in [0.05, 0.1) is 0 Å². The van der Waals surface area contributed by atoms with E-state index in [9.17, 15) is 18.8 Å². The van der Waals surface area contributed by atoms with E-state index in [-0.39, 0.29) is 36.6 Å². The molecule has 7 nitrogen and oxygen atoms in total. The molecule has 0 saturated heterocycles. The molecule has 0 fully saturated rings. The smallest absolute Gasteiger partial charge is 0.306 e. The Labute approximate surface area is 196 Å². The molecule has 0 bridgehead atoms. The zero-order chi connectivity index (χ0) is 25.0. The molecule has 2 aromatic heterocycles. The molecule has 1 aromatic carbocycles. The molecule has 0 aliphatic rings. The summed E-state index contributed by atoms with van der Waals surface area (Å²) < 4.78 is 20.3. The van der Waals surface area contributed by atoms with Crippen LogP contribution in [-0.2, 0) is 22.5 Å². The molecular weight excluding hydrogens is 437 g/mol. The lowest BCUT2D eigenvalue weighted by Gasteiger charge is -2.11. The maximum Gasteiger partial charge on any atom is 0.306 e. The van der Waals surface area contributed by atoms with Crippen molar-refractivity contribution in [1.29, 1.82) is 5.26 Å². The Balaban J connectivity index is 1.62. The van der Waals surface area contributed by atoms with E-state index in [1.165, 1.54) is 12.1 Å². The second-order valence-corrected chi connectivity index (χ2v) is 8.25. The number of benzene rings is 1. The molecule has 1 N–H and O–H groups in total. The van der Waals surface area contributed by atoms with Gasteiger partial charge in [-0.2, -0.15) is 5.26 Å². The van der Waals surface area contributed by atoms with Crippen molar-refractivity contribution >= 4 is 11.8 Å². The summed E-state index contributed by atoms with van der Waals surface area (Å²) in [6, 6.07) is 9.82. The minimum atomic E-state index is -0.544. The van der Waals surface area contributed by atoms with Crippen molar-refractivity contribution in [2.24, 2.45) is 0 Å². The van der Waals surface area contributed by atoms with Crippen LogP contribution in [0.3, 0.4) is 0 Å². The number of aryl methyl sites for hydroxylation is 2. The summed E-state index contributed by atoms with van der Waals surface area (Å²) in [7, 11) is 0. The summed E-state index contributed by atoms with van der Waals surface area (Å²) >= 11 is 0. The SMILES string of the molecule is Cc1[nH]c(=O)c(C#N)c(C)c1CCC(=O)OCC(=O)c1cc(C)n(Cc2ccc(F)cc2)c1C. The van der Waals surface area contributed by atoms with Crippen LogP contribution in [0.4, 0.5) is 4.39 Å². The Morgan fingerprint density at radius 2 is 1.82 bits per heavy atom. The molecule has 0 amide bonds. The standard InChI is InChI=1S/C26H26FN3O4/c1-15-11-22(18(4)30(15)13-19-5-7-20(27)8-6-19)24(31)14-34-25(32)10-9-21-16(2)23(12-28)26(33)29-17(21)3/h5-8,11H,9-10,13-14H2,1-4H3,(H,29,33). The number of rotatable bonds is 8. The Bertz CT molecular complexity index is 1340. The van der Waals surface area contributed by atoms with Crippen molar-refractivity contribution in [1.82, 2.24) is 9.55 Å². The van der Waals surface area contributed by atoms with Gasteiger partial charge < -0.3 is 14.3 Å². The Morgan fingerprint density at radius 1 is 1.15 bits per heavy atom. The Kier molecular flexibility index (Phi) is 7.47. The van der Waals surface area contributed by atoms with Gasteiger partial charge in [0.2, 0.25) is 5.78 Å². The first-order chi connectivity index (χ1) is 16.1. The second-order valence-electron chi connectivity index (χ2n) is 8.25. The molecule has 3 rings (SSSR count). The first-order valence-electron chi connectivity index (χ1n) is 10.8. The van der Waals surface area contributed by atoms with Gasteiger partial charge in [-0.05, 0) is 69.0 Å². The topological polar surface area (TPSA) is 105 Å². The molecule has 0 aliphatic carbocycles. The van der Waals surface area contributed by atoms with Gasteiger partial charge in [-0.3, -0.25) is 14.4 Å². The van der Waals surface area contributed by atoms with Gasteiger partial charge in [0.15, 0.2) is 6.61 Å². The highest BCUT2D eigenvalue weighted by Gasteiger charge is 2.18. The molecule has 0 atom stereocenters. The molecule has 0 unspecified atom stereocenters. The van der Waals surface area contributed by atoms with Crippen LogP contribution in [0.1, 0.15) is 56.1 Å². The predicted octanol–water partition coefficient (Wildman–Crippen LogP) is 3.83. The van der Waals surface area contributed by atoms with Crippen molar-refractivity contribution in [2.75, 3.05) is 6.61 Å². The van der Waals surface area contributed by atoms with E-state index in [1.54, 1.807) is 32.0 Å². The minimum absolute atomic E-state index is 0.00939. The van der Waals surface area contributed by atoms with Gasteiger partial charge in [0.1, 0.15) is 17.4 Å². The Morgan fingerprint density at radius 3 is 2.47 bits per heavy atom. The Hall–Kier alpha value is -3.99. The lowest BCUT2D eigenvalue weighted by Crippen LogP contribution is -2.18. The third kappa shape index (κ3) is 5.31. The van der Waals surface area contributed by atoms with Crippen molar-refractivity contribution in [3.05, 3.63) is 91.4 Å². The average molecular weight is 464 g/mol. The molecule has 34 heavy (non-hydrogen) atoms.